The lowest BCUT2D eigenvalue weighted by molar-refractivity contribution is 1.24. The van der Waals surface area contributed by atoms with Crippen LogP contribution in [0.25, 0.3) is 0 Å². The first kappa shape index (κ1) is 4.89. The average molecular weight is 87.2 g/mol. The van der Waals surface area contributed by atoms with Gasteiger partial charge >= 0.3 is 0 Å². The fourth-order valence-electron chi connectivity index (χ4n) is 0. The third-order valence-corrected chi connectivity index (χ3v) is 1.28. The Labute approximate surface area is 34.3 Å². The number of rotatable bonds is 1. The van der Waals surface area contributed by atoms with Crippen molar-refractivity contribution in [3.63, 3.8) is 0 Å². The molecule has 0 aromatic carbocycles. The Morgan fingerprint density at radius 1 is 1.80 bits per heavy atom. The Morgan fingerprint density at radius 3 is 2.00 bits per heavy atom. The quantitative estimate of drug-likeness (QED) is 0.438. The Morgan fingerprint density at radius 2 is 2.00 bits per heavy atom. The molecule has 0 atom stereocenters. The van der Waals surface area contributed by atoms with E-state index in [0.717, 1.165) is 0 Å². The van der Waals surface area contributed by atoms with Gasteiger partial charge in [0.25, 0.3) is 0 Å². The van der Waals surface area contributed by atoms with Gasteiger partial charge in [-0.3, -0.25) is 0 Å². The highest BCUT2D eigenvalue weighted by molar-refractivity contribution is 6.57. The summed E-state index contributed by atoms with van der Waals surface area (Å²) in [7, 11) is 1.56. The molecule has 0 aromatic heterocycles. The summed E-state index contributed by atoms with van der Waals surface area (Å²) in [6, 6.07) is 0. The molecule has 0 radical (unpaired) electrons. The molecule has 0 amide bonds. The summed E-state index contributed by atoms with van der Waals surface area (Å²) in [5, 5.41) is 0. The molecule has 5 heavy (non-hydrogen) atoms. The molecule has 1 N–H and O–H groups in total. The van der Waals surface area contributed by atoms with E-state index in [4.69, 9.17) is 0 Å². The van der Waals surface area contributed by atoms with Crippen molar-refractivity contribution in [3.05, 3.63) is 0 Å². The first-order valence-corrected chi connectivity index (χ1v) is 3.81. The largest absolute Gasteiger partial charge is 0.424 e. The summed E-state index contributed by atoms with van der Waals surface area (Å²) in [5.41, 5.74) is 0. The molecule has 1 nitrogen and oxygen atoms in total. The van der Waals surface area contributed by atoms with E-state index in [2.05, 4.69) is 17.7 Å². The van der Waals surface area contributed by atoms with Crippen LogP contribution in [0.1, 0.15) is 0 Å². The van der Waals surface area contributed by atoms with Gasteiger partial charge in [-0.15, -0.1) is 0 Å². The van der Waals surface area contributed by atoms with Gasteiger partial charge in [-0.2, -0.15) is 0 Å². The van der Waals surface area contributed by atoms with E-state index in [0.29, 0.717) is 0 Å². The first-order chi connectivity index (χ1) is 2.27. The van der Waals surface area contributed by atoms with Crippen LogP contribution in [0.5, 0.6) is 0 Å². The Balaban J connectivity index is 2.85. The minimum absolute atomic E-state index is 0.374. The topological polar surface area (TPSA) is 12.0 Å². The zero-order valence-corrected chi connectivity index (χ0v) is 4.71. The van der Waals surface area contributed by atoms with Crippen LogP contribution in [-0.4, -0.2) is 21.8 Å². The molecule has 0 spiro atoms. The van der Waals surface area contributed by atoms with Crippen molar-refractivity contribution in [3.8, 4) is 0 Å². The molecule has 0 aromatic rings. The smallest absolute Gasteiger partial charge is 0.110 e. The minimum Gasteiger partial charge on any atom is -0.424 e. The van der Waals surface area contributed by atoms with Crippen LogP contribution in [-0.2, 0) is 0 Å². The molecule has 0 aliphatic rings. The highest BCUT2D eigenvalue weighted by Gasteiger charge is 1.66. The number of hydrogen-bond donors (Lipinski definition) is 1. The van der Waals surface area contributed by atoms with E-state index >= 15 is 0 Å². The third kappa shape index (κ3) is 3.89. The Hall–Kier alpha value is -0.113. The molecule has 0 aliphatic carbocycles. The van der Waals surface area contributed by atoms with Gasteiger partial charge in [-0.1, -0.05) is 6.17 Å². The van der Waals surface area contributed by atoms with E-state index < -0.39 is 0 Å². The van der Waals surface area contributed by atoms with Crippen LogP contribution in [0.3, 0.4) is 0 Å². The standard InChI is InChI=1S/C3H9NSi/c1-4-5(2)3/h4H,2H2,1,3H3. The van der Waals surface area contributed by atoms with E-state index in [1.165, 1.54) is 0 Å². The van der Waals surface area contributed by atoms with Gasteiger partial charge in [0.2, 0.25) is 0 Å². The van der Waals surface area contributed by atoms with Crippen LogP contribution >= 0.6 is 0 Å². The predicted molar refractivity (Wildman–Crippen MR) is 27.8 cm³/mol. The van der Waals surface area contributed by atoms with Crippen LogP contribution in [0.2, 0.25) is 6.55 Å². The van der Waals surface area contributed by atoms with E-state index in [-0.39, 0.29) is 8.57 Å². The fourth-order valence-corrected chi connectivity index (χ4v) is 0. The Kier molecular flexibility index (Phi) is 2.10. The second-order valence-electron chi connectivity index (χ2n) is 1.03. The molecule has 0 bridgehead atoms. The molecule has 0 saturated carbocycles. The molecule has 0 saturated heterocycles. The van der Waals surface area contributed by atoms with Gasteiger partial charge < -0.3 is 4.98 Å². The molecular weight excluding hydrogens is 78.1 g/mol. The van der Waals surface area contributed by atoms with E-state index in [9.17, 15) is 0 Å². The van der Waals surface area contributed by atoms with Gasteiger partial charge in [0.1, 0.15) is 8.57 Å². The maximum Gasteiger partial charge on any atom is 0.110 e. The van der Waals surface area contributed by atoms with Crippen molar-refractivity contribution >= 4 is 14.7 Å². The predicted octanol–water partition coefficient (Wildman–Crippen LogP) is -0.159. The van der Waals surface area contributed by atoms with Gasteiger partial charge in [0, 0.05) is 0 Å². The molecule has 2 heteroatoms. The second kappa shape index (κ2) is 2.14. The number of nitrogens with one attached hydrogen (secondary N) is 1. The number of hydrogen-bond acceptors (Lipinski definition) is 1. The molecule has 0 aliphatic heterocycles. The van der Waals surface area contributed by atoms with Crippen molar-refractivity contribution in [1.82, 2.24) is 4.98 Å². The van der Waals surface area contributed by atoms with Crippen molar-refractivity contribution < 1.29 is 0 Å². The normalized spacial score (nSPS) is 6.80. The molecular formula is C3H9NSi. The molecule has 0 rings (SSSR count). The summed E-state index contributed by atoms with van der Waals surface area (Å²) in [6.45, 7) is 2.10. The van der Waals surface area contributed by atoms with Gasteiger partial charge in [0.05, 0.1) is 0 Å². The van der Waals surface area contributed by atoms with Gasteiger partial charge in [0.15, 0.2) is 0 Å². The second-order valence-corrected chi connectivity index (χ2v) is 3.09. The third-order valence-electron chi connectivity index (χ3n) is 0.427. The van der Waals surface area contributed by atoms with Gasteiger partial charge in [-0.05, 0) is 13.6 Å². The summed E-state index contributed by atoms with van der Waals surface area (Å²) in [5.74, 6) is 0. The molecule has 0 unspecified atom stereocenters. The SMILES string of the molecule is C=[Si](C)NC. The molecule has 0 heterocycles. The van der Waals surface area contributed by atoms with Crippen molar-refractivity contribution in [2.75, 3.05) is 7.05 Å². The lowest BCUT2D eigenvalue weighted by Crippen LogP contribution is -2.15. The monoisotopic (exact) mass is 87.1 g/mol. The van der Waals surface area contributed by atoms with Crippen LogP contribution in [0.4, 0.5) is 0 Å². The van der Waals surface area contributed by atoms with E-state index in [1.54, 1.807) is 0 Å². The Bertz CT molecular complexity index is 42.2. The van der Waals surface area contributed by atoms with Crippen molar-refractivity contribution in [2.24, 2.45) is 0 Å². The zero-order valence-electron chi connectivity index (χ0n) is 3.71. The highest BCUT2D eigenvalue weighted by atomic mass is 28.2. The average Bonchev–Trinajstić information content (AvgIpc) is 1.38. The zero-order chi connectivity index (χ0) is 4.28. The summed E-state index contributed by atoms with van der Waals surface area (Å²) < 4.78 is 0. The summed E-state index contributed by atoms with van der Waals surface area (Å²) in [6.07, 6.45) is 3.75. The summed E-state index contributed by atoms with van der Waals surface area (Å²) >= 11 is 0. The molecule has 30 valence electrons. The highest BCUT2D eigenvalue weighted by Crippen LogP contribution is 1.42. The lowest BCUT2D eigenvalue weighted by atomic mass is 11.6. The lowest BCUT2D eigenvalue weighted by Gasteiger charge is -1.85. The first-order valence-electron chi connectivity index (χ1n) is 1.60. The van der Waals surface area contributed by atoms with Crippen molar-refractivity contribution in [1.29, 1.82) is 0 Å². The van der Waals surface area contributed by atoms with Gasteiger partial charge in [-0.25, -0.2) is 0 Å². The maximum absolute atomic E-state index is 3.75. The maximum atomic E-state index is 3.75. The fraction of sp³-hybridized carbons (Fsp3) is 0.667. The van der Waals surface area contributed by atoms with Crippen LogP contribution in [0.15, 0.2) is 0 Å². The van der Waals surface area contributed by atoms with Crippen molar-refractivity contribution in [2.45, 2.75) is 6.55 Å². The van der Waals surface area contributed by atoms with E-state index in [1.807, 2.05) is 7.05 Å². The van der Waals surface area contributed by atoms with Crippen LogP contribution in [0, 0.1) is 0 Å². The molecule has 0 fully saturated rings. The van der Waals surface area contributed by atoms with Crippen LogP contribution < -0.4 is 4.98 Å². The summed E-state index contributed by atoms with van der Waals surface area (Å²) in [4.78, 5) is 3.02. The minimum atomic E-state index is -0.374.